The molecule has 1 fully saturated rings. The predicted octanol–water partition coefficient (Wildman–Crippen LogP) is 2.34. The van der Waals surface area contributed by atoms with Gasteiger partial charge in [0.15, 0.2) is 5.69 Å². The summed E-state index contributed by atoms with van der Waals surface area (Å²) in [5.74, 6) is -0.427. The molecule has 2 aromatic rings. The van der Waals surface area contributed by atoms with E-state index in [2.05, 4.69) is 9.71 Å². The van der Waals surface area contributed by atoms with E-state index in [4.69, 9.17) is 9.15 Å². The van der Waals surface area contributed by atoms with Gasteiger partial charge in [0, 0.05) is 6.61 Å². The highest BCUT2D eigenvalue weighted by Crippen LogP contribution is 2.26. The minimum absolute atomic E-state index is 0.0217. The Kier molecular flexibility index (Phi) is 5.02. The van der Waals surface area contributed by atoms with Gasteiger partial charge in [-0.3, -0.25) is 4.79 Å². The Labute approximate surface area is 144 Å². The maximum atomic E-state index is 12.3. The smallest absolute Gasteiger partial charge is 0.286 e. The summed E-state index contributed by atoms with van der Waals surface area (Å²) in [6, 6.07) is 3.66. The average Bonchev–Trinajstić information content (AvgIpc) is 3.16. The third-order valence-corrected chi connectivity index (χ3v) is 5.84. The molecule has 7 nitrogen and oxygen atoms in total. The van der Waals surface area contributed by atoms with Crippen LogP contribution in [0.15, 0.2) is 21.9 Å². The van der Waals surface area contributed by atoms with E-state index in [1.807, 2.05) is 17.5 Å². The largest absolute Gasteiger partial charge is 0.440 e. The Hall–Kier alpha value is -1.71. The molecule has 0 saturated carbocycles. The van der Waals surface area contributed by atoms with Crippen molar-refractivity contribution in [1.82, 2.24) is 9.71 Å². The van der Waals surface area contributed by atoms with Crippen LogP contribution in [0.4, 0.5) is 0 Å². The average molecular weight is 370 g/mol. The van der Waals surface area contributed by atoms with Gasteiger partial charge in [0.2, 0.25) is 15.9 Å². The van der Waals surface area contributed by atoms with Gasteiger partial charge in [0.1, 0.15) is 5.76 Å². The Balaban J connectivity index is 1.70. The third-order valence-electron chi connectivity index (χ3n) is 3.67. The fourth-order valence-electron chi connectivity index (χ4n) is 2.53. The highest BCUT2D eigenvalue weighted by atomic mass is 32.2. The molecule has 1 saturated heterocycles. The number of sulfonamides is 1. The van der Waals surface area contributed by atoms with E-state index in [-0.39, 0.29) is 23.3 Å². The molecule has 2 aromatic heterocycles. The topological polar surface area (TPSA) is 98.5 Å². The molecule has 0 unspecified atom stereocenters. The van der Waals surface area contributed by atoms with Crippen molar-refractivity contribution in [2.45, 2.75) is 32.3 Å². The van der Waals surface area contributed by atoms with Crippen LogP contribution in [0.3, 0.4) is 0 Å². The number of nitrogens with one attached hydrogen (secondary N) is 1. The molecule has 3 rings (SSSR count). The SMILES string of the molecule is Cc1oc(-c2cccs2)nc1C(=O)NS(=O)(=O)C[C@@H]1CCCCO1. The second-order valence-electron chi connectivity index (χ2n) is 5.60. The van der Waals surface area contributed by atoms with Crippen molar-refractivity contribution in [3.63, 3.8) is 0 Å². The molecule has 9 heteroatoms. The first-order valence-electron chi connectivity index (χ1n) is 7.62. The molecule has 1 aliphatic heterocycles. The summed E-state index contributed by atoms with van der Waals surface area (Å²) in [4.78, 5) is 17.1. The van der Waals surface area contributed by atoms with Crippen molar-refractivity contribution in [3.8, 4) is 10.8 Å². The predicted molar refractivity (Wildman–Crippen MR) is 89.4 cm³/mol. The lowest BCUT2D eigenvalue weighted by molar-refractivity contribution is 0.0304. The molecule has 0 spiro atoms. The third kappa shape index (κ3) is 4.03. The van der Waals surface area contributed by atoms with Crippen LogP contribution in [0.5, 0.6) is 0 Å². The van der Waals surface area contributed by atoms with Gasteiger partial charge in [-0.25, -0.2) is 18.1 Å². The first kappa shape index (κ1) is 17.1. The summed E-state index contributed by atoms with van der Waals surface area (Å²) in [7, 11) is -3.79. The highest BCUT2D eigenvalue weighted by molar-refractivity contribution is 7.90. The maximum absolute atomic E-state index is 12.3. The van der Waals surface area contributed by atoms with Gasteiger partial charge in [0.25, 0.3) is 5.91 Å². The second-order valence-corrected chi connectivity index (χ2v) is 8.32. The molecule has 0 aromatic carbocycles. The van der Waals surface area contributed by atoms with Crippen molar-refractivity contribution >= 4 is 27.3 Å². The summed E-state index contributed by atoms with van der Waals surface area (Å²) < 4.78 is 37.3. The number of ether oxygens (including phenoxy) is 1. The minimum atomic E-state index is -3.79. The molecule has 1 atom stereocenters. The Bertz CT molecular complexity index is 805. The van der Waals surface area contributed by atoms with Crippen molar-refractivity contribution < 1.29 is 22.4 Å². The van der Waals surface area contributed by atoms with E-state index in [0.717, 1.165) is 17.7 Å². The number of hydrogen-bond acceptors (Lipinski definition) is 7. The van der Waals surface area contributed by atoms with E-state index >= 15 is 0 Å². The van der Waals surface area contributed by atoms with Gasteiger partial charge < -0.3 is 9.15 Å². The van der Waals surface area contributed by atoms with Crippen LogP contribution < -0.4 is 4.72 Å². The molecule has 1 aliphatic rings. The number of thiophene rings is 1. The van der Waals surface area contributed by atoms with Gasteiger partial charge in [0.05, 0.1) is 16.7 Å². The van der Waals surface area contributed by atoms with Gasteiger partial charge >= 0.3 is 0 Å². The normalized spacial score (nSPS) is 18.5. The van der Waals surface area contributed by atoms with Crippen molar-refractivity contribution in [3.05, 3.63) is 29.0 Å². The monoisotopic (exact) mass is 370 g/mol. The Morgan fingerprint density at radius 3 is 2.96 bits per heavy atom. The number of carbonyl (C=O) groups excluding carboxylic acids is 1. The van der Waals surface area contributed by atoms with Crippen LogP contribution >= 0.6 is 11.3 Å². The van der Waals surface area contributed by atoms with Crippen LogP contribution in [-0.4, -0.2) is 37.8 Å². The van der Waals surface area contributed by atoms with Crippen LogP contribution in [0, 0.1) is 6.92 Å². The van der Waals surface area contributed by atoms with Crippen molar-refractivity contribution in [1.29, 1.82) is 0 Å². The van der Waals surface area contributed by atoms with Crippen molar-refractivity contribution in [2.75, 3.05) is 12.4 Å². The number of hydrogen-bond donors (Lipinski definition) is 1. The van der Waals surface area contributed by atoms with Gasteiger partial charge in [-0.05, 0) is 37.6 Å². The highest BCUT2D eigenvalue weighted by Gasteiger charge is 2.26. The summed E-state index contributed by atoms with van der Waals surface area (Å²) in [6.45, 7) is 2.14. The molecule has 130 valence electrons. The summed E-state index contributed by atoms with van der Waals surface area (Å²) in [5.41, 5.74) is -0.0217. The first-order chi connectivity index (χ1) is 11.4. The van der Waals surface area contributed by atoms with E-state index < -0.39 is 15.9 Å². The van der Waals surface area contributed by atoms with Crippen LogP contribution in [0.2, 0.25) is 0 Å². The molecule has 24 heavy (non-hydrogen) atoms. The molecular weight excluding hydrogens is 352 g/mol. The quantitative estimate of drug-likeness (QED) is 0.867. The maximum Gasteiger partial charge on any atom is 0.286 e. The van der Waals surface area contributed by atoms with E-state index in [1.165, 1.54) is 11.3 Å². The zero-order chi connectivity index (χ0) is 17.2. The lowest BCUT2D eigenvalue weighted by atomic mass is 10.1. The number of nitrogens with zero attached hydrogens (tertiary/aromatic N) is 1. The standard InChI is InChI=1S/C15H18N2O5S2/c1-10-13(16-15(22-10)12-6-4-8-23-12)14(18)17-24(19,20)9-11-5-2-3-7-21-11/h4,6,8,11H,2-3,5,7,9H2,1H3,(H,17,18)/t11-/m0/s1. The summed E-state index contributed by atoms with van der Waals surface area (Å²) >= 11 is 1.42. The fraction of sp³-hybridized carbons (Fsp3) is 0.467. The van der Waals surface area contributed by atoms with E-state index in [1.54, 1.807) is 6.92 Å². The number of rotatable bonds is 5. The van der Waals surface area contributed by atoms with E-state index in [9.17, 15) is 13.2 Å². The second kappa shape index (κ2) is 7.04. The lowest BCUT2D eigenvalue weighted by Crippen LogP contribution is -2.38. The Morgan fingerprint density at radius 1 is 1.46 bits per heavy atom. The van der Waals surface area contributed by atoms with Crippen molar-refractivity contribution in [2.24, 2.45) is 0 Å². The van der Waals surface area contributed by atoms with Gasteiger partial charge in [-0.1, -0.05) is 6.07 Å². The van der Waals surface area contributed by atoms with Gasteiger partial charge in [-0.2, -0.15) is 0 Å². The zero-order valence-corrected chi connectivity index (χ0v) is 14.8. The molecule has 0 bridgehead atoms. The van der Waals surface area contributed by atoms with Crippen LogP contribution in [0.1, 0.15) is 35.5 Å². The number of aryl methyl sites for hydroxylation is 1. The lowest BCUT2D eigenvalue weighted by Gasteiger charge is -2.22. The number of carbonyl (C=O) groups is 1. The summed E-state index contributed by atoms with van der Waals surface area (Å²) in [6.07, 6.45) is 2.18. The zero-order valence-electron chi connectivity index (χ0n) is 13.1. The fourth-order valence-corrected chi connectivity index (χ4v) is 4.39. The summed E-state index contributed by atoms with van der Waals surface area (Å²) in [5, 5.41) is 1.86. The molecule has 0 aliphatic carbocycles. The number of amides is 1. The van der Waals surface area contributed by atoms with E-state index in [0.29, 0.717) is 18.9 Å². The molecule has 1 N–H and O–H groups in total. The number of aromatic nitrogens is 1. The molecule has 0 radical (unpaired) electrons. The minimum Gasteiger partial charge on any atom is -0.440 e. The first-order valence-corrected chi connectivity index (χ1v) is 10.2. The van der Waals surface area contributed by atoms with Crippen LogP contribution in [-0.2, 0) is 14.8 Å². The molecule has 1 amide bonds. The van der Waals surface area contributed by atoms with Crippen LogP contribution in [0.25, 0.3) is 10.8 Å². The molecular formula is C15H18N2O5S2. The Morgan fingerprint density at radius 2 is 2.29 bits per heavy atom. The number of oxazole rings is 1. The van der Waals surface area contributed by atoms with Gasteiger partial charge in [-0.15, -0.1) is 11.3 Å². The molecule has 3 heterocycles.